The van der Waals surface area contributed by atoms with E-state index < -0.39 is 0 Å². The maximum absolute atomic E-state index is 12.4. The number of nitrogens with zero attached hydrogens (tertiary/aromatic N) is 3. The Bertz CT molecular complexity index is 804. The molecule has 1 N–H and O–H groups in total. The first kappa shape index (κ1) is 22.8. The maximum Gasteiger partial charge on any atom is 0.310 e. The Kier molecular flexibility index (Phi) is 8.03. The van der Waals surface area contributed by atoms with Crippen LogP contribution in [-0.2, 0) is 9.53 Å². The van der Waals surface area contributed by atoms with Crippen molar-refractivity contribution in [1.82, 2.24) is 15.1 Å². The van der Waals surface area contributed by atoms with Crippen LogP contribution in [0.25, 0.3) is 0 Å². The Morgan fingerprint density at radius 2 is 1.87 bits per heavy atom. The third-order valence-corrected chi connectivity index (χ3v) is 5.61. The highest BCUT2D eigenvalue weighted by Crippen LogP contribution is 2.22. The van der Waals surface area contributed by atoms with E-state index in [9.17, 15) is 14.4 Å². The predicted octanol–water partition coefficient (Wildman–Crippen LogP) is 2.30. The number of unbranched alkanes of at least 4 members (excludes halogenated alkanes) is 1. The normalized spacial score (nSPS) is 18.9. The lowest BCUT2D eigenvalue weighted by Crippen LogP contribution is -2.48. The quantitative estimate of drug-likeness (QED) is 0.225. The van der Waals surface area contributed by atoms with Gasteiger partial charge >= 0.3 is 5.97 Å². The molecule has 0 aromatic heterocycles. The molecule has 168 valence electrons. The molecule has 0 radical (unpaired) electrons. The molecule has 0 spiro atoms. The fourth-order valence-corrected chi connectivity index (χ4v) is 4.06. The molecule has 2 aliphatic rings. The SMILES string of the molecule is CCNC(=NCCCCN1C(=O)c2ccccc2C1=O)N1CCCC(C(=O)OCC)C1. The van der Waals surface area contributed by atoms with Gasteiger partial charge in [0.05, 0.1) is 23.7 Å². The number of hydrogen-bond acceptors (Lipinski definition) is 5. The minimum absolute atomic E-state index is 0.119. The summed E-state index contributed by atoms with van der Waals surface area (Å²) in [6, 6.07) is 6.95. The largest absolute Gasteiger partial charge is 0.466 e. The summed E-state index contributed by atoms with van der Waals surface area (Å²) in [7, 11) is 0. The number of amides is 2. The molecule has 8 nitrogen and oxygen atoms in total. The van der Waals surface area contributed by atoms with Crippen molar-refractivity contribution in [2.24, 2.45) is 10.9 Å². The summed E-state index contributed by atoms with van der Waals surface area (Å²) in [5.41, 5.74) is 0.974. The van der Waals surface area contributed by atoms with Gasteiger partial charge in [-0.3, -0.25) is 24.3 Å². The number of imide groups is 1. The van der Waals surface area contributed by atoms with E-state index in [-0.39, 0.29) is 23.7 Å². The molecule has 0 bridgehead atoms. The number of rotatable bonds is 8. The van der Waals surface area contributed by atoms with Gasteiger partial charge in [-0.2, -0.15) is 0 Å². The van der Waals surface area contributed by atoms with E-state index in [1.807, 2.05) is 13.8 Å². The van der Waals surface area contributed by atoms with Crippen LogP contribution in [0.15, 0.2) is 29.3 Å². The number of carbonyl (C=O) groups excluding carboxylic acids is 3. The number of carbonyl (C=O) groups is 3. The van der Waals surface area contributed by atoms with Crippen LogP contribution in [0.2, 0.25) is 0 Å². The smallest absolute Gasteiger partial charge is 0.310 e. The molecule has 8 heteroatoms. The highest BCUT2D eigenvalue weighted by molar-refractivity contribution is 6.21. The second-order valence-electron chi connectivity index (χ2n) is 7.79. The highest BCUT2D eigenvalue weighted by Gasteiger charge is 2.34. The molecule has 1 fully saturated rings. The van der Waals surface area contributed by atoms with Crippen molar-refractivity contribution >= 4 is 23.7 Å². The lowest BCUT2D eigenvalue weighted by Gasteiger charge is -2.34. The van der Waals surface area contributed by atoms with E-state index in [0.717, 1.165) is 38.3 Å². The van der Waals surface area contributed by atoms with Crippen molar-refractivity contribution in [2.45, 2.75) is 39.5 Å². The first-order chi connectivity index (χ1) is 15.1. The van der Waals surface area contributed by atoms with Crippen LogP contribution in [0.3, 0.4) is 0 Å². The van der Waals surface area contributed by atoms with Gasteiger partial charge in [-0.1, -0.05) is 12.1 Å². The number of piperidine rings is 1. The number of hydrogen-bond donors (Lipinski definition) is 1. The zero-order valence-corrected chi connectivity index (χ0v) is 18.4. The number of fused-ring (bicyclic) bond motifs is 1. The van der Waals surface area contributed by atoms with Gasteiger partial charge in [0.25, 0.3) is 11.8 Å². The van der Waals surface area contributed by atoms with Crippen molar-refractivity contribution in [1.29, 1.82) is 0 Å². The monoisotopic (exact) mass is 428 g/mol. The molecular formula is C23H32N4O4. The lowest BCUT2D eigenvalue weighted by molar-refractivity contribution is -0.149. The summed E-state index contributed by atoms with van der Waals surface area (Å²) in [5, 5.41) is 3.31. The first-order valence-corrected chi connectivity index (χ1v) is 11.2. The fraction of sp³-hybridized carbons (Fsp3) is 0.565. The fourth-order valence-electron chi connectivity index (χ4n) is 4.06. The molecular weight excluding hydrogens is 396 g/mol. The third kappa shape index (κ3) is 5.42. The van der Waals surface area contributed by atoms with Gasteiger partial charge in [0, 0.05) is 32.7 Å². The van der Waals surface area contributed by atoms with E-state index in [0.29, 0.717) is 43.8 Å². The summed E-state index contributed by atoms with van der Waals surface area (Å²) in [6.45, 7) is 7.44. The van der Waals surface area contributed by atoms with Crippen LogP contribution in [0.1, 0.15) is 60.2 Å². The molecule has 1 unspecified atom stereocenters. The van der Waals surface area contributed by atoms with Crippen LogP contribution < -0.4 is 5.32 Å². The molecule has 0 aliphatic carbocycles. The van der Waals surface area contributed by atoms with Crippen molar-refractivity contribution < 1.29 is 19.1 Å². The van der Waals surface area contributed by atoms with Crippen molar-refractivity contribution in [2.75, 3.05) is 39.3 Å². The van der Waals surface area contributed by atoms with Gasteiger partial charge < -0.3 is 15.0 Å². The number of aliphatic imine (C=N–C) groups is 1. The zero-order chi connectivity index (χ0) is 22.2. The summed E-state index contributed by atoms with van der Waals surface area (Å²) in [5.74, 6) is 0.124. The third-order valence-electron chi connectivity index (χ3n) is 5.61. The Morgan fingerprint density at radius 3 is 2.52 bits per heavy atom. The number of benzene rings is 1. The lowest BCUT2D eigenvalue weighted by atomic mass is 9.98. The molecule has 1 saturated heterocycles. The van der Waals surface area contributed by atoms with Crippen molar-refractivity contribution in [3.05, 3.63) is 35.4 Å². The van der Waals surface area contributed by atoms with Crippen LogP contribution in [-0.4, -0.2) is 72.9 Å². The van der Waals surface area contributed by atoms with Gasteiger partial charge in [-0.25, -0.2) is 0 Å². The van der Waals surface area contributed by atoms with Gasteiger partial charge in [-0.15, -0.1) is 0 Å². The van der Waals surface area contributed by atoms with E-state index >= 15 is 0 Å². The van der Waals surface area contributed by atoms with Gasteiger partial charge in [0.2, 0.25) is 0 Å². The van der Waals surface area contributed by atoms with Crippen molar-refractivity contribution in [3.63, 3.8) is 0 Å². The van der Waals surface area contributed by atoms with Crippen molar-refractivity contribution in [3.8, 4) is 0 Å². The standard InChI is InChI=1S/C23H32N4O4/c1-3-24-23(26-14-9-10-17(16-26)22(30)31-4-2)25-13-7-8-15-27-20(28)18-11-5-6-12-19(18)21(27)29/h5-6,11-12,17H,3-4,7-10,13-16H2,1-2H3,(H,24,25). The molecule has 1 aromatic rings. The number of likely N-dealkylation sites (tertiary alicyclic amines) is 1. The highest BCUT2D eigenvalue weighted by atomic mass is 16.5. The van der Waals surface area contributed by atoms with E-state index in [2.05, 4.69) is 10.2 Å². The average molecular weight is 429 g/mol. The Balaban J connectivity index is 1.50. The first-order valence-electron chi connectivity index (χ1n) is 11.2. The predicted molar refractivity (Wildman–Crippen MR) is 118 cm³/mol. The summed E-state index contributed by atoms with van der Waals surface area (Å²) >= 11 is 0. The summed E-state index contributed by atoms with van der Waals surface area (Å²) in [4.78, 5) is 45.1. The molecule has 1 atom stereocenters. The number of guanidine groups is 1. The zero-order valence-electron chi connectivity index (χ0n) is 18.4. The minimum Gasteiger partial charge on any atom is -0.466 e. The van der Waals surface area contributed by atoms with Gasteiger partial charge in [-0.05, 0) is 51.7 Å². The second kappa shape index (κ2) is 10.9. The van der Waals surface area contributed by atoms with Crippen LogP contribution in [0, 0.1) is 5.92 Å². The summed E-state index contributed by atoms with van der Waals surface area (Å²) < 4.78 is 5.19. The molecule has 2 amide bonds. The summed E-state index contributed by atoms with van der Waals surface area (Å²) in [6.07, 6.45) is 3.22. The molecule has 0 saturated carbocycles. The number of nitrogens with one attached hydrogen (secondary N) is 1. The van der Waals surface area contributed by atoms with Crippen LogP contribution in [0.5, 0.6) is 0 Å². The second-order valence-corrected chi connectivity index (χ2v) is 7.79. The average Bonchev–Trinajstić information content (AvgIpc) is 3.03. The van der Waals surface area contributed by atoms with Gasteiger partial charge in [0.15, 0.2) is 5.96 Å². The maximum atomic E-state index is 12.4. The van der Waals surface area contributed by atoms with E-state index in [1.165, 1.54) is 4.90 Å². The molecule has 2 heterocycles. The molecule has 31 heavy (non-hydrogen) atoms. The number of esters is 1. The van der Waals surface area contributed by atoms with E-state index in [4.69, 9.17) is 9.73 Å². The van der Waals surface area contributed by atoms with Crippen LogP contribution >= 0.6 is 0 Å². The topological polar surface area (TPSA) is 91.3 Å². The molecule has 2 aliphatic heterocycles. The number of ether oxygens (including phenoxy) is 1. The van der Waals surface area contributed by atoms with Crippen LogP contribution in [0.4, 0.5) is 0 Å². The Morgan fingerprint density at radius 1 is 1.16 bits per heavy atom. The molecule has 3 rings (SSSR count). The van der Waals surface area contributed by atoms with Gasteiger partial charge in [0.1, 0.15) is 0 Å². The minimum atomic E-state index is -0.212. The Hall–Kier alpha value is -2.90. The Labute approximate surface area is 183 Å². The van der Waals surface area contributed by atoms with E-state index in [1.54, 1.807) is 24.3 Å². The molecule has 1 aromatic carbocycles.